The molecule has 0 aromatic heterocycles. The maximum absolute atomic E-state index is 5.92. The molecule has 0 aliphatic heterocycles. The third kappa shape index (κ3) is 3.25. The van der Waals surface area contributed by atoms with Crippen molar-refractivity contribution in [3.63, 3.8) is 0 Å². The van der Waals surface area contributed by atoms with Crippen molar-refractivity contribution in [3.8, 4) is 0 Å². The van der Waals surface area contributed by atoms with E-state index in [-0.39, 0.29) is 0 Å². The number of hydrogen-bond acceptors (Lipinski definition) is 2. The van der Waals surface area contributed by atoms with Gasteiger partial charge in [0.25, 0.3) is 0 Å². The number of hydrogen-bond donors (Lipinski definition) is 1. The van der Waals surface area contributed by atoms with Gasteiger partial charge in [-0.25, -0.2) is 0 Å². The van der Waals surface area contributed by atoms with Crippen LogP contribution >= 0.6 is 0 Å². The monoisotopic (exact) mass is 198 g/mol. The van der Waals surface area contributed by atoms with Gasteiger partial charge in [-0.05, 0) is 45.1 Å². The Hall–Kier alpha value is -0.0800. The Morgan fingerprint density at radius 3 is 2.36 bits per heavy atom. The van der Waals surface area contributed by atoms with Crippen LogP contribution in [0.15, 0.2) is 0 Å². The molecule has 0 amide bonds. The molecule has 1 aliphatic rings. The third-order valence-electron chi connectivity index (χ3n) is 3.69. The first-order valence-corrected chi connectivity index (χ1v) is 6.13. The van der Waals surface area contributed by atoms with Crippen molar-refractivity contribution >= 4 is 0 Å². The van der Waals surface area contributed by atoms with E-state index in [4.69, 9.17) is 5.73 Å². The van der Waals surface area contributed by atoms with E-state index in [1.807, 2.05) is 0 Å². The summed E-state index contributed by atoms with van der Waals surface area (Å²) in [4.78, 5) is 2.53. The second-order valence-electron chi connectivity index (χ2n) is 4.85. The lowest BCUT2D eigenvalue weighted by atomic mass is 10.0. The van der Waals surface area contributed by atoms with Gasteiger partial charge in [0.2, 0.25) is 0 Å². The van der Waals surface area contributed by atoms with E-state index in [0.29, 0.717) is 6.04 Å². The molecule has 0 heterocycles. The zero-order valence-corrected chi connectivity index (χ0v) is 10.00. The van der Waals surface area contributed by atoms with Crippen molar-refractivity contribution in [2.24, 2.45) is 11.7 Å². The molecule has 0 aromatic carbocycles. The molecule has 2 N–H and O–H groups in total. The van der Waals surface area contributed by atoms with Gasteiger partial charge in [0, 0.05) is 18.6 Å². The summed E-state index contributed by atoms with van der Waals surface area (Å²) in [5.74, 6) is 0.857. The summed E-state index contributed by atoms with van der Waals surface area (Å²) in [5, 5.41) is 0. The lowest BCUT2D eigenvalue weighted by Gasteiger charge is -2.28. The van der Waals surface area contributed by atoms with Crippen molar-refractivity contribution in [3.05, 3.63) is 0 Å². The summed E-state index contributed by atoms with van der Waals surface area (Å²) in [6.45, 7) is 5.82. The van der Waals surface area contributed by atoms with Crippen LogP contribution in [0.2, 0.25) is 0 Å². The normalized spacial score (nSPS) is 27.9. The van der Waals surface area contributed by atoms with Crippen LogP contribution in [0.3, 0.4) is 0 Å². The number of nitrogens with zero attached hydrogens (tertiary/aromatic N) is 1. The van der Waals surface area contributed by atoms with E-state index in [9.17, 15) is 0 Å². The van der Waals surface area contributed by atoms with Gasteiger partial charge in [-0.2, -0.15) is 0 Å². The van der Waals surface area contributed by atoms with E-state index < -0.39 is 0 Å². The number of nitrogens with two attached hydrogens (primary N) is 1. The predicted octanol–water partition coefficient (Wildman–Crippen LogP) is 2.23. The highest BCUT2D eigenvalue weighted by Gasteiger charge is 2.24. The Bertz CT molecular complexity index is 154. The van der Waals surface area contributed by atoms with E-state index in [1.54, 1.807) is 0 Å². The van der Waals surface area contributed by atoms with Crippen molar-refractivity contribution in [2.75, 3.05) is 13.6 Å². The van der Waals surface area contributed by atoms with Crippen LogP contribution in [0, 0.1) is 5.92 Å². The van der Waals surface area contributed by atoms with Crippen LogP contribution in [0.25, 0.3) is 0 Å². The topological polar surface area (TPSA) is 29.3 Å². The average molecular weight is 198 g/mol. The van der Waals surface area contributed by atoms with Gasteiger partial charge in [0.1, 0.15) is 0 Å². The molecule has 2 heteroatoms. The van der Waals surface area contributed by atoms with Crippen molar-refractivity contribution in [2.45, 2.75) is 58.0 Å². The van der Waals surface area contributed by atoms with Crippen molar-refractivity contribution in [1.82, 2.24) is 4.90 Å². The maximum Gasteiger partial charge on any atom is 0.00870 e. The van der Waals surface area contributed by atoms with Crippen molar-refractivity contribution < 1.29 is 0 Å². The van der Waals surface area contributed by atoms with E-state index in [1.165, 1.54) is 38.6 Å². The fourth-order valence-electron chi connectivity index (χ4n) is 2.75. The zero-order chi connectivity index (χ0) is 10.6. The molecule has 0 aromatic rings. The second kappa shape index (κ2) is 5.72. The first-order chi connectivity index (χ1) is 6.67. The molecule has 2 nitrogen and oxygen atoms in total. The Morgan fingerprint density at radius 2 is 1.93 bits per heavy atom. The highest BCUT2D eigenvalue weighted by molar-refractivity contribution is 4.80. The fourth-order valence-corrected chi connectivity index (χ4v) is 2.75. The molecule has 1 rings (SSSR count). The van der Waals surface area contributed by atoms with Crippen LogP contribution in [0.1, 0.15) is 46.0 Å². The molecule has 0 radical (unpaired) electrons. The number of rotatable bonds is 5. The molecule has 2 atom stereocenters. The molecule has 0 spiro atoms. The molecular formula is C12H26N2. The smallest absolute Gasteiger partial charge is 0.00870 e. The van der Waals surface area contributed by atoms with Crippen LogP contribution in [0.5, 0.6) is 0 Å². The highest BCUT2D eigenvalue weighted by atomic mass is 15.1. The van der Waals surface area contributed by atoms with Crippen LogP contribution < -0.4 is 5.73 Å². The first-order valence-electron chi connectivity index (χ1n) is 6.13. The zero-order valence-electron chi connectivity index (χ0n) is 10.00. The van der Waals surface area contributed by atoms with Gasteiger partial charge in [0.05, 0.1) is 0 Å². The van der Waals surface area contributed by atoms with Gasteiger partial charge in [-0.3, -0.25) is 0 Å². The molecule has 0 saturated heterocycles. The molecule has 84 valence electrons. The highest BCUT2D eigenvalue weighted by Crippen LogP contribution is 2.25. The first kappa shape index (κ1) is 12.0. The minimum absolute atomic E-state index is 0.482. The molecule has 0 bridgehead atoms. The van der Waals surface area contributed by atoms with Gasteiger partial charge in [-0.15, -0.1) is 0 Å². The summed E-state index contributed by atoms with van der Waals surface area (Å²) in [5.41, 5.74) is 5.92. The summed E-state index contributed by atoms with van der Waals surface area (Å²) in [6, 6.07) is 1.25. The Morgan fingerprint density at radius 1 is 1.29 bits per heavy atom. The van der Waals surface area contributed by atoms with Gasteiger partial charge < -0.3 is 10.6 Å². The standard InChI is InChI=1S/C12H26N2/c1-4-12(5-2)14(3)9-10-6-7-11(13)8-10/h10-12H,4-9,13H2,1-3H3. The van der Waals surface area contributed by atoms with E-state index in [2.05, 4.69) is 25.8 Å². The minimum atomic E-state index is 0.482. The quantitative estimate of drug-likeness (QED) is 0.734. The lowest BCUT2D eigenvalue weighted by molar-refractivity contribution is 0.196. The average Bonchev–Trinajstić information content (AvgIpc) is 2.53. The van der Waals surface area contributed by atoms with E-state index >= 15 is 0 Å². The minimum Gasteiger partial charge on any atom is -0.328 e. The summed E-state index contributed by atoms with van der Waals surface area (Å²) in [7, 11) is 2.27. The summed E-state index contributed by atoms with van der Waals surface area (Å²) >= 11 is 0. The lowest BCUT2D eigenvalue weighted by Crippen LogP contribution is -2.34. The molecule has 2 unspecified atom stereocenters. The van der Waals surface area contributed by atoms with E-state index in [0.717, 1.165) is 12.0 Å². The Balaban J connectivity index is 2.28. The SMILES string of the molecule is CCC(CC)N(C)CC1CCC(N)C1. The summed E-state index contributed by atoms with van der Waals surface area (Å²) in [6.07, 6.45) is 6.36. The fraction of sp³-hybridized carbons (Fsp3) is 1.00. The molecular weight excluding hydrogens is 172 g/mol. The molecule has 1 saturated carbocycles. The van der Waals surface area contributed by atoms with Crippen LogP contribution in [-0.2, 0) is 0 Å². The second-order valence-corrected chi connectivity index (χ2v) is 4.85. The molecule has 14 heavy (non-hydrogen) atoms. The predicted molar refractivity (Wildman–Crippen MR) is 62.3 cm³/mol. The van der Waals surface area contributed by atoms with Crippen molar-refractivity contribution in [1.29, 1.82) is 0 Å². The van der Waals surface area contributed by atoms with Gasteiger partial charge in [-0.1, -0.05) is 13.8 Å². The van der Waals surface area contributed by atoms with Crippen LogP contribution in [-0.4, -0.2) is 30.6 Å². The van der Waals surface area contributed by atoms with Gasteiger partial charge >= 0.3 is 0 Å². The maximum atomic E-state index is 5.92. The Labute approximate surface area is 88.8 Å². The Kier molecular flexibility index (Phi) is 4.90. The van der Waals surface area contributed by atoms with Gasteiger partial charge in [0.15, 0.2) is 0 Å². The summed E-state index contributed by atoms with van der Waals surface area (Å²) < 4.78 is 0. The van der Waals surface area contributed by atoms with Crippen LogP contribution in [0.4, 0.5) is 0 Å². The molecule has 1 fully saturated rings. The molecule has 1 aliphatic carbocycles. The third-order valence-corrected chi connectivity index (χ3v) is 3.69. The largest absolute Gasteiger partial charge is 0.328 e.